The Labute approximate surface area is 198 Å². The molecule has 1 aliphatic carbocycles. The molecular formula is C26H26N6O2. The molecule has 2 N–H and O–H groups in total. The summed E-state index contributed by atoms with van der Waals surface area (Å²) in [5.74, 6) is 1.08. The number of carbonyl (C=O) groups is 1. The molecular weight excluding hydrogens is 428 g/mol. The number of aromatic nitrogens is 2. The number of hydrogen-bond donors (Lipinski definition) is 2. The van der Waals surface area contributed by atoms with Gasteiger partial charge in [-0.1, -0.05) is 48.0 Å². The summed E-state index contributed by atoms with van der Waals surface area (Å²) >= 11 is 0. The van der Waals surface area contributed by atoms with E-state index in [1.54, 1.807) is 6.21 Å². The van der Waals surface area contributed by atoms with Crippen molar-refractivity contribution in [3.8, 4) is 0 Å². The molecule has 0 unspecified atom stereocenters. The van der Waals surface area contributed by atoms with Crippen LogP contribution in [-0.2, 0) is 16.0 Å². The van der Waals surface area contributed by atoms with Gasteiger partial charge in [-0.05, 0) is 30.7 Å². The molecule has 0 atom stereocenters. The van der Waals surface area contributed by atoms with Gasteiger partial charge in [-0.25, -0.2) is 10.4 Å². The van der Waals surface area contributed by atoms with Crippen LogP contribution in [0.15, 0.2) is 65.3 Å². The molecule has 1 amide bonds. The summed E-state index contributed by atoms with van der Waals surface area (Å²) in [5.41, 5.74) is 8.23. The first-order valence-corrected chi connectivity index (χ1v) is 11.3. The van der Waals surface area contributed by atoms with Gasteiger partial charge in [0, 0.05) is 36.3 Å². The number of benzene rings is 2. The number of anilines is 3. The van der Waals surface area contributed by atoms with Gasteiger partial charge in [0.1, 0.15) is 5.82 Å². The molecule has 2 aromatic carbocycles. The Hall–Kier alpha value is -4.04. The number of amides is 1. The molecule has 8 heteroatoms. The summed E-state index contributed by atoms with van der Waals surface area (Å²) in [5, 5.41) is 7.29. The Morgan fingerprint density at radius 2 is 1.91 bits per heavy atom. The largest absolute Gasteiger partial charge is 0.378 e. The Bertz CT molecular complexity index is 1250. The van der Waals surface area contributed by atoms with Crippen LogP contribution < -0.4 is 15.6 Å². The molecule has 1 saturated heterocycles. The van der Waals surface area contributed by atoms with Crippen LogP contribution in [0.2, 0.25) is 0 Å². The molecule has 2 aliphatic rings. The summed E-state index contributed by atoms with van der Waals surface area (Å²) < 4.78 is 5.52. The lowest BCUT2D eigenvalue weighted by Crippen LogP contribution is -2.37. The van der Waals surface area contributed by atoms with Crippen LogP contribution in [0.25, 0.3) is 6.08 Å². The van der Waals surface area contributed by atoms with E-state index in [0.717, 1.165) is 41.4 Å². The number of ether oxygens (including phenoxy) is 1. The van der Waals surface area contributed by atoms with E-state index in [1.165, 1.54) is 5.56 Å². The summed E-state index contributed by atoms with van der Waals surface area (Å²) in [6, 6.07) is 17.5. The van der Waals surface area contributed by atoms with Crippen LogP contribution in [0.4, 0.5) is 17.5 Å². The third-order valence-electron chi connectivity index (χ3n) is 5.75. The third kappa shape index (κ3) is 4.97. The fraction of sp³-hybridized carbons (Fsp3) is 0.231. The number of nitrogens with one attached hydrogen (secondary N) is 2. The van der Waals surface area contributed by atoms with Crippen LogP contribution in [0.5, 0.6) is 0 Å². The Kier molecular flexibility index (Phi) is 6.31. The zero-order valence-corrected chi connectivity index (χ0v) is 19.0. The smallest absolute Gasteiger partial charge is 0.252 e. The van der Waals surface area contributed by atoms with E-state index in [9.17, 15) is 4.79 Å². The van der Waals surface area contributed by atoms with Crippen LogP contribution in [0.1, 0.15) is 22.4 Å². The van der Waals surface area contributed by atoms with Crippen LogP contribution in [0.3, 0.4) is 0 Å². The summed E-state index contributed by atoms with van der Waals surface area (Å²) in [6.07, 6.45) is 4.06. The van der Waals surface area contributed by atoms with E-state index in [0.29, 0.717) is 31.2 Å². The molecule has 5 rings (SSSR count). The highest BCUT2D eigenvalue weighted by Crippen LogP contribution is 2.33. The van der Waals surface area contributed by atoms with Gasteiger partial charge in [-0.2, -0.15) is 10.1 Å². The second-order valence-electron chi connectivity index (χ2n) is 8.28. The first-order valence-electron chi connectivity index (χ1n) is 11.3. The Morgan fingerprint density at radius 3 is 2.71 bits per heavy atom. The lowest BCUT2D eigenvalue weighted by Gasteiger charge is -2.29. The van der Waals surface area contributed by atoms with E-state index in [2.05, 4.69) is 25.7 Å². The van der Waals surface area contributed by atoms with Crippen molar-refractivity contribution < 1.29 is 9.53 Å². The molecule has 1 aromatic heterocycles. The van der Waals surface area contributed by atoms with Crippen LogP contribution in [-0.4, -0.2) is 48.4 Å². The molecule has 172 valence electrons. The highest BCUT2D eigenvalue weighted by atomic mass is 16.5. The van der Waals surface area contributed by atoms with Gasteiger partial charge in [-0.15, -0.1) is 0 Å². The van der Waals surface area contributed by atoms with Crippen molar-refractivity contribution in [3.63, 3.8) is 0 Å². The predicted molar refractivity (Wildman–Crippen MR) is 134 cm³/mol. The number of rotatable bonds is 6. The monoisotopic (exact) mass is 454 g/mol. The van der Waals surface area contributed by atoms with Crippen molar-refractivity contribution in [1.29, 1.82) is 0 Å². The zero-order valence-electron chi connectivity index (χ0n) is 19.0. The number of para-hydroxylation sites is 1. The molecule has 0 spiro atoms. The minimum atomic E-state index is -0.135. The van der Waals surface area contributed by atoms with Crippen LogP contribution in [0, 0.1) is 6.92 Å². The minimum Gasteiger partial charge on any atom is -0.378 e. The zero-order chi connectivity index (χ0) is 23.3. The van der Waals surface area contributed by atoms with E-state index in [4.69, 9.17) is 9.72 Å². The molecule has 3 aromatic rings. The van der Waals surface area contributed by atoms with Gasteiger partial charge >= 0.3 is 0 Å². The standard InChI is InChI=1S/C26H26N6O2/c1-18-6-5-7-19(14-18)17-27-31-26-29-23-16-20(25(33)28-21-8-3-2-4-9-21)15-22(23)24(30-26)32-10-12-34-13-11-32/h2-9,14,16-17H,10-13,15H2,1H3,(H,28,33)(H,29,30,31)/b27-17+. The average molecular weight is 455 g/mol. The normalized spacial score (nSPS) is 15.2. The topological polar surface area (TPSA) is 91.7 Å². The lowest BCUT2D eigenvalue weighted by atomic mass is 10.1. The predicted octanol–water partition coefficient (Wildman–Crippen LogP) is 3.65. The number of hydrazone groups is 1. The van der Waals surface area contributed by atoms with E-state index >= 15 is 0 Å². The van der Waals surface area contributed by atoms with Crippen molar-refractivity contribution in [3.05, 3.63) is 82.6 Å². The number of morpholine rings is 1. The minimum absolute atomic E-state index is 0.135. The first kappa shape index (κ1) is 21.8. The van der Waals surface area contributed by atoms with Crippen molar-refractivity contribution in [1.82, 2.24) is 9.97 Å². The Balaban J connectivity index is 1.40. The van der Waals surface area contributed by atoms with E-state index < -0.39 is 0 Å². The molecule has 8 nitrogen and oxygen atoms in total. The number of fused-ring (bicyclic) bond motifs is 1. The maximum atomic E-state index is 12.9. The molecule has 0 radical (unpaired) electrons. The van der Waals surface area contributed by atoms with Gasteiger partial charge < -0.3 is 15.0 Å². The highest BCUT2D eigenvalue weighted by Gasteiger charge is 2.27. The van der Waals surface area contributed by atoms with Gasteiger partial charge in [0.25, 0.3) is 5.91 Å². The Morgan fingerprint density at radius 1 is 1.09 bits per heavy atom. The van der Waals surface area contributed by atoms with Gasteiger partial charge in [-0.3, -0.25) is 4.79 Å². The quantitative estimate of drug-likeness (QED) is 0.436. The molecule has 1 aliphatic heterocycles. The molecule has 2 heterocycles. The number of carbonyl (C=O) groups excluding carboxylic acids is 1. The van der Waals surface area contributed by atoms with Crippen molar-refractivity contribution in [2.75, 3.05) is 41.9 Å². The number of nitrogens with zero attached hydrogens (tertiary/aromatic N) is 4. The number of aryl methyl sites for hydroxylation is 1. The first-order chi connectivity index (χ1) is 16.7. The summed E-state index contributed by atoms with van der Waals surface area (Å²) in [6.45, 7) is 4.80. The molecule has 1 fully saturated rings. The van der Waals surface area contributed by atoms with Crippen molar-refractivity contribution in [2.45, 2.75) is 13.3 Å². The van der Waals surface area contributed by atoms with Gasteiger partial charge in [0.15, 0.2) is 0 Å². The maximum absolute atomic E-state index is 12.9. The second kappa shape index (κ2) is 9.84. The highest BCUT2D eigenvalue weighted by molar-refractivity contribution is 6.08. The SMILES string of the molecule is Cc1cccc(/C=N/Nc2nc3c(c(N4CCOCC4)n2)CC(C(=O)Nc2ccccc2)=C3)c1. The fourth-order valence-corrected chi connectivity index (χ4v) is 4.06. The summed E-state index contributed by atoms with van der Waals surface area (Å²) in [7, 11) is 0. The van der Waals surface area contributed by atoms with E-state index in [1.807, 2.05) is 67.6 Å². The molecule has 34 heavy (non-hydrogen) atoms. The maximum Gasteiger partial charge on any atom is 0.252 e. The van der Waals surface area contributed by atoms with Gasteiger partial charge in [0.2, 0.25) is 5.95 Å². The summed E-state index contributed by atoms with van der Waals surface area (Å²) in [4.78, 5) is 24.5. The second-order valence-corrected chi connectivity index (χ2v) is 8.28. The number of hydrogen-bond acceptors (Lipinski definition) is 7. The van der Waals surface area contributed by atoms with Crippen LogP contribution >= 0.6 is 0 Å². The van der Waals surface area contributed by atoms with Crippen molar-refractivity contribution >= 4 is 35.7 Å². The van der Waals surface area contributed by atoms with E-state index in [-0.39, 0.29) is 5.91 Å². The lowest BCUT2D eigenvalue weighted by molar-refractivity contribution is -0.112. The van der Waals surface area contributed by atoms with Gasteiger partial charge in [0.05, 0.1) is 25.1 Å². The fourth-order valence-electron chi connectivity index (χ4n) is 4.06. The molecule has 0 saturated carbocycles. The third-order valence-corrected chi connectivity index (χ3v) is 5.75. The average Bonchev–Trinajstić information content (AvgIpc) is 3.29. The van der Waals surface area contributed by atoms with Crippen molar-refractivity contribution in [2.24, 2.45) is 5.10 Å². The molecule has 0 bridgehead atoms.